The number of likely N-dealkylation sites (tertiary alicyclic amines) is 1. The maximum absolute atomic E-state index is 9.82. The van der Waals surface area contributed by atoms with Gasteiger partial charge in [-0.05, 0) is 65.2 Å². The van der Waals surface area contributed by atoms with E-state index in [0.717, 1.165) is 19.0 Å². The molecule has 2 rings (SSSR count). The van der Waals surface area contributed by atoms with Crippen LogP contribution in [0.5, 0.6) is 0 Å². The molecule has 2 aliphatic rings. The number of hydrogen-bond donors (Lipinski definition) is 1. The minimum atomic E-state index is -0.0356. The molecule has 17 heavy (non-hydrogen) atoms. The van der Waals surface area contributed by atoms with Crippen LogP contribution < -0.4 is 0 Å². The summed E-state index contributed by atoms with van der Waals surface area (Å²) in [6.45, 7) is 3.53. The average Bonchev–Trinajstić information content (AvgIpc) is 2.86. The van der Waals surface area contributed by atoms with Gasteiger partial charge in [-0.3, -0.25) is 0 Å². The Morgan fingerprint density at radius 3 is 2.65 bits per heavy atom. The molecule has 1 aliphatic carbocycles. The highest BCUT2D eigenvalue weighted by molar-refractivity contribution is 4.80. The van der Waals surface area contributed by atoms with E-state index >= 15 is 0 Å². The Hall–Kier alpha value is -0.120. The zero-order chi connectivity index (χ0) is 12.3. The Morgan fingerprint density at radius 1 is 1.24 bits per heavy atom. The Morgan fingerprint density at radius 2 is 2.06 bits per heavy atom. The molecule has 3 unspecified atom stereocenters. The molecule has 3 atom stereocenters. The lowest BCUT2D eigenvalue weighted by Crippen LogP contribution is -2.34. The predicted octanol–water partition coefficient (Wildman–Crippen LogP) is 1.56. The quantitative estimate of drug-likeness (QED) is 0.790. The van der Waals surface area contributed by atoms with E-state index in [2.05, 4.69) is 23.9 Å². The molecule has 0 aromatic rings. The van der Waals surface area contributed by atoms with Gasteiger partial charge in [0.2, 0.25) is 0 Å². The fraction of sp³-hybridized carbons (Fsp3) is 1.00. The molecule has 1 aliphatic heterocycles. The summed E-state index contributed by atoms with van der Waals surface area (Å²) >= 11 is 0. The normalized spacial score (nSPS) is 34.9. The van der Waals surface area contributed by atoms with E-state index in [-0.39, 0.29) is 6.10 Å². The lowest BCUT2D eigenvalue weighted by Gasteiger charge is -2.26. The van der Waals surface area contributed by atoms with Crippen LogP contribution in [0.15, 0.2) is 0 Å². The fourth-order valence-electron chi connectivity index (χ4n) is 3.44. The molecule has 1 saturated carbocycles. The van der Waals surface area contributed by atoms with Gasteiger partial charge in [-0.1, -0.05) is 6.42 Å². The number of nitrogens with zero attached hydrogens (tertiary/aromatic N) is 2. The van der Waals surface area contributed by atoms with E-state index < -0.39 is 0 Å². The van der Waals surface area contributed by atoms with E-state index in [9.17, 15) is 5.11 Å². The first-order valence-electron chi connectivity index (χ1n) is 7.23. The number of aliphatic hydroxyl groups is 1. The summed E-state index contributed by atoms with van der Waals surface area (Å²) in [5.74, 6) is 0.529. The van der Waals surface area contributed by atoms with Crippen LogP contribution >= 0.6 is 0 Å². The summed E-state index contributed by atoms with van der Waals surface area (Å²) in [7, 11) is 4.46. The molecular formula is C14H28N2O. The Bertz CT molecular complexity index is 234. The van der Waals surface area contributed by atoms with Gasteiger partial charge in [0.1, 0.15) is 0 Å². The molecule has 3 nitrogen and oxygen atoms in total. The second kappa shape index (κ2) is 6.17. The maximum Gasteiger partial charge on any atom is 0.0580 e. The van der Waals surface area contributed by atoms with Crippen molar-refractivity contribution < 1.29 is 5.11 Å². The summed E-state index contributed by atoms with van der Waals surface area (Å²) in [5, 5.41) is 9.82. The molecule has 100 valence electrons. The molecule has 2 fully saturated rings. The van der Waals surface area contributed by atoms with Crippen LogP contribution in [0.25, 0.3) is 0 Å². The van der Waals surface area contributed by atoms with Gasteiger partial charge in [0.05, 0.1) is 6.10 Å². The topological polar surface area (TPSA) is 26.7 Å². The van der Waals surface area contributed by atoms with E-state index in [0.29, 0.717) is 5.92 Å². The molecule has 0 bridgehead atoms. The van der Waals surface area contributed by atoms with E-state index in [1.54, 1.807) is 0 Å². The van der Waals surface area contributed by atoms with Gasteiger partial charge in [-0.2, -0.15) is 0 Å². The van der Waals surface area contributed by atoms with Crippen LogP contribution in [-0.4, -0.2) is 60.8 Å². The number of rotatable bonds is 5. The van der Waals surface area contributed by atoms with Crippen LogP contribution in [0.4, 0.5) is 0 Å². The molecule has 1 N–H and O–H groups in total. The molecule has 1 heterocycles. The van der Waals surface area contributed by atoms with Gasteiger partial charge in [0.25, 0.3) is 0 Å². The maximum atomic E-state index is 9.82. The highest BCUT2D eigenvalue weighted by Gasteiger charge is 2.26. The molecule has 0 aromatic carbocycles. The standard InChI is InChI=1S/C14H28N2O/c1-15(11-12-5-3-7-14(12)17)10-8-13-6-4-9-16(13)2/h12-14,17H,3-11H2,1-2H3. The highest BCUT2D eigenvalue weighted by Crippen LogP contribution is 2.26. The molecule has 0 spiro atoms. The number of aliphatic hydroxyl groups excluding tert-OH is 1. The van der Waals surface area contributed by atoms with Crippen LogP contribution in [-0.2, 0) is 0 Å². The molecule has 1 saturated heterocycles. The van der Waals surface area contributed by atoms with Gasteiger partial charge in [-0.15, -0.1) is 0 Å². The lowest BCUT2D eigenvalue weighted by molar-refractivity contribution is 0.107. The van der Waals surface area contributed by atoms with Crippen molar-refractivity contribution >= 4 is 0 Å². The van der Waals surface area contributed by atoms with Gasteiger partial charge < -0.3 is 14.9 Å². The van der Waals surface area contributed by atoms with Crippen LogP contribution in [0.2, 0.25) is 0 Å². The van der Waals surface area contributed by atoms with Crippen molar-refractivity contribution in [2.75, 3.05) is 33.7 Å². The first-order valence-corrected chi connectivity index (χ1v) is 7.23. The molecular weight excluding hydrogens is 212 g/mol. The Labute approximate surface area is 106 Å². The van der Waals surface area contributed by atoms with Crippen molar-refractivity contribution in [3.8, 4) is 0 Å². The third-order valence-corrected chi connectivity index (χ3v) is 4.68. The monoisotopic (exact) mass is 240 g/mol. The second-order valence-corrected chi connectivity index (χ2v) is 6.09. The summed E-state index contributed by atoms with van der Waals surface area (Å²) in [5.41, 5.74) is 0. The zero-order valence-electron chi connectivity index (χ0n) is 11.4. The fourth-order valence-corrected chi connectivity index (χ4v) is 3.44. The summed E-state index contributed by atoms with van der Waals surface area (Å²) < 4.78 is 0. The second-order valence-electron chi connectivity index (χ2n) is 6.09. The highest BCUT2D eigenvalue weighted by atomic mass is 16.3. The van der Waals surface area contributed by atoms with Crippen molar-refractivity contribution in [3.63, 3.8) is 0 Å². The predicted molar refractivity (Wildman–Crippen MR) is 71.1 cm³/mol. The molecule has 3 heteroatoms. The molecule has 0 radical (unpaired) electrons. The van der Waals surface area contributed by atoms with E-state index in [1.165, 1.54) is 45.2 Å². The SMILES string of the molecule is CN(CCC1CCCN1C)CC1CCCC1O. The van der Waals surface area contributed by atoms with Crippen LogP contribution in [0.1, 0.15) is 38.5 Å². The van der Waals surface area contributed by atoms with Gasteiger partial charge >= 0.3 is 0 Å². The van der Waals surface area contributed by atoms with Crippen LogP contribution in [0.3, 0.4) is 0 Å². The summed E-state index contributed by atoms with van der Waals surface area (Å²) in [6, 6.07) is 0.797. The first kappa shape index (κ1) is 13.3. The van der Waals surface area contributed by atoms with Crippen molar-refractivity contribution in [3.05, 3.63) is 0 Å². The van der Waals surface area contributed by atoms with Crippen molar-refractivity contribution in [2.45, 2.75) is 50.7 Å². The van der Waals surface area contributed by atoms with E-state index in [1.807, 2.05) is 0 Å². The lowest BCUT2D eigenvalue weighted by atomic mass is 10.1. The first-order chi connectivity index (χ1) is 8.16. The van der Waals surface area contributed by atoms with Gasteiger partial charge in [0.15, 0.2) is 0 Å². The van der Waals surface area contributed by atoms with Gasteiger partial charge in [0, 0.05) is 12.6 Å². The molecule has 0 amide bonds. The summed E-state index contributed by atoms with van der Waals surface area (Å²) in [6.07, 6.45) is 7.44. The zero-order valence-corrected chi connectivity index (χ0v) is 11.4. The van der Waals surface area contributed by atoms with Crippen molar-refractivity contribution in [1.82, 2.24) is 9.80 Å². The minimum Gasteiger partial charge on any atom is -0.393 e. The Balaban J connectivity index is 1.65. The Kier molecular flexibility index (Phi) is 4.83. The average molecular weight is 240 g/mol. The third-order valence-electron chi connectivity index (χ3n) is 4.68. The van der Waals surface area contributed by atoms with Gasteiger partial charge in [-0.25, -0.2) is 0 Å². The third kappa shape index (κ3) is 3.67. The van der Waals surface area contributed by atoms with Crippen LogP contribution in [0, 0.1) is 5.92 Å². The van der Waals surface area contributed by atoms with Crippen molar-refractivity contribution in [1.29, 1.82) is 0 Å². The van der Waals surface area contributed by atoms with Crippen molar-refractivity contribution in [2.24, 2.45) is 5.92 Å². The smallest absolute Gasteiger partial charge is 0.0580 e. The van der Waals surface area contributed by atoms with E-state index in [4.69, 9.17) is 0 Å². The molecule has 0 aromatic heterocycles. The number of hydrogen-bond acceptors (Lipinski definition) is 3. The summed E-state index contributed by atoms with van der Waals surface area (Å²) in [4.78, 5) is 4.92. The minimum absolute atomic E-state index is 0.0356. The largest absolute Gasteiger partial charge is 0.393 e.